The van der Waals surface area contributed by atoms with Gasteiger partial charge in [0.2, 0.25) is 0 Å². The molecule has 25 heavy (non-hydrogen) atoms. The molecule has 1 aromatic heterocycles. The normalized spacial score (nSPS) is 11.2. The van der Waals surface area contributed by atoms with Gasteiger partial charge in [-0.1, -0.05) is 25.1 Å². The largest absolute Gasteiger partial charge is 0.360 e. The van der Waals surface area contributed by atoms with Crippen LogP contribution >= 0.6 is 11.3 Å². The Bertz CT molecular complexity index is 936. The number of halogens is 1. The van der Waals surface area contributed by atoms with Crippen LogP contribution in [0.4, 0.5) is 10.1 Å². The van der Waals surface area contributed by atoms with E-state index in [-0.39, 0.29) is 5.82 Å². The fourth-order valence-corrected chi connectivity index (χ4v) is 3.21. The summed E-state index contributed by atoms with van der Waals surface area (Å²) in [6.45, 7) is 2.09. The van der Waals surface area contributed by atoms with E-state index in [1.165, 1.54) is 29.0 Å². The van der Waals surface area contributed by atoms with Crippen LogP contribution in [0.3, 0.4) is 0 Å². The van der Waals surface area contributed by atoms with Gasteiger partial charge in [0, 0.05) is 22.8 Å². The van der Waals surface area contributed by atoms with Crippen molar-refractivity contribution < 1.29 is 4.39 Å². The van der Waals surface area contributed by atoms with E-state index in [1.54, 1.807) is 18.3 Å². The third-order valence-corrected chi connectivity index (χ3v) is 4.64. The van der Waals surface area contributed by atoms with Gasteiger partial charge in [0.15, 0.2) is 0 Å². The summed E-state index contributed by atoms with van der Waals surface area (Å²) >= 11 is 1.39. The predicted octanol–water partition coefficient (Wildman–Crippen LogP) is 5.49. The van der Waals surface area contributed by atoms with Crippen molar-refractivity contribution in [2.75, 3.05) is 5.32 Å². The average molecular weight is 349 g/mol. The first-order valence-corrected chi connectivity index (χ1v) is 8.75. The molecular weight excluding hydrogens is 333 g/mol. The number of hydrogen-bond acceptors (Lipinski definition) is 4. The molecule has 124 valence electrons. The summed E-state index contributed by atoms with van der Waals surface area (Å²) in [5, 5.41) is 15.2. The van der Waals surface area contributed by atoms with Crippen molar-refractivity contribution in [2.24, 2.45) is 0 Å². The van der Waals surface area contributed by atoms with E-state index in [1.807, 2.05) is 23.6 Å². The quantitative estimate of drug-likeness (QED) is 0.620. The predicted molar refractivity (Wildman–Crippen MR) is 101 cm³/mol. The first-order valence-electron chi connectivity index (χ1n) is 7.88. The molecule has 1 heterocycles. The van der Waals surface area contributed by atoms with Gasteiger partial charge in [-0.3, -0.25) is 0 Å². The Morgan fingerprint density at radius 1 is 1.24 bits per heavy atom. The molecule has 2 aromatic carbocycles. The van der Waals surface area contributed by atoms with Crippen LogP contribution in [0.1, 0.15) is 17.5 Å². The lowest BCUT2D eigenvalue weighted by atomic mass is 10.1. The molecule has 0 saturated heterocycles. The Labute approximate surface area is 150 Å². The Morgan fingerprint density at radius 3 is 2.72 bits per heavy atom. The van der Waals surface area contributed by atoms with Gasteiger partial charge in [0.1, 0.15) is 22.5 Å². The van der Waals surface area contributed by atoms with Gasteiger partial charge in [-0.25, -0.2) is 9.37 Å². The fraction of sp³-hybridized carbons (Fsp3) is 0.100. The first kappa shape index (κ1) is 16.9. The standard InChI is InChI=1S/C20H16FN3S/c1-2-14-5-3-4-6-18(14)23-12-16(11-22)20-24-19(13-25-20)15-7-9-17(21)10-8-15/h3-10,12-13,23H,2H2,1H3/b16-12+. The van der Waals surface area contributed by atoms with Crippen LogP contribution in [-0.4, -0.2) is 4.98 Å². The van der Waals surface area contributed by atoms with Gasteiger partial charge < -0.3 is 5.32 Å². The summed E-state index contributed by atoms with van der Waals surface area (Å²) in [6, 6.07) is 16.3. The molecule has 0 amide bonds. The lowest BCUT2D eigenvalue weighted by Crippen LogP contribution is -1.95. The van der Waals surface area contributed by atoms with E-state index in [4.69, 9.17) is 0 Å². The molecule has 1 N–H and O–H groups in total. The highest BCUT2D eigenvalue weighted by molar-refractivity contribution is 7.11. The Morgan fingerprint density at radius 2 is 2.00 bits per heavy atom. The number of nitriles is 1. The van der Waals surface area contributed by atoms with Crippen molar-refractivity contribution in [1.29, 1.82) is 5.26 Å². The molecular formula is C20H16FN3S. The zero-order valence-corrected chi connectivity index (χ0v) is 14.5. The Balaban J connectivity index is 1.84. The molecule has 0 bridgehead atoms. The van der Waals surface area contributed by atoms with Crippen molar-refractivity contribution in [3.8, 4) is 17.3 Å². The number of nitrogens with zero attached hydrogens (tertiary/aromatic N) is 2. The number of benzene rings is 2. The number of aryl methyl sites for hydroxylation is 1. The van der Waals surface area contributed by atoms with Crippen LogP contribution in [-0.2, 0) is 6.42 Å². The summed E-state index contributed by atoms with van der Waals surface area (Å²) < 4.78 is 13.0. The van der Waals surface area contributed by atoms with Gasteiger partial charge in [0.25, 0.3) is 0 Å². The van der Waals surface area contributed by atoms with Gasteiger partial charge in [0.05, 0.1) is 5.69 Å². The second-order valence-electron chi connectivity index (χ2n) is 5.37. The maximum absolute atomic E-state index is 13.0. The first-order chi connectivity index (χ1) is 12.2. The SMILES string of the molecule is CCc1ccccc1N/C=C(\C#N)c1nc(-c2ccc(F)cc2)cs1. The smallest absolute Gasteiger partial charge is 0.136 e. The summed E-state index contributed by atoms with van der Waals surface area (Å²) in [5.41, 5.74) is 4.18. The number of rotatable bonds is 5. The number of anilines is 1. The van der Waals surface area contributed by atoms with Crippen LogP contribution in [0.2, 0.25) is 0 Å². The summed E-state index contributed by atoms with van der Waals surface area (Å²) in [6.07, 6.45) is 2.59. The molecule has 0 fully saturated rings. The number of aromatic nitrogens is 1. The number of nitrogens with one attached hydrogen (secondary N) is 1. The van der Waals surface area contributed by atoms with Crippen molar-refractivity contribution in [2.45, 2.75) is 13.3 Å². The molecule has 5 heteroatoms. The van der Waals surface area contributed by atoms with E-state index in [0.29, 0.717) is 10.6 Å². The van der Waals surface area contributed by atoms with Gasteiger partial charge in [-0.2, -0.15) is 5.26 Å². The Kier molecular flexibility index (Phi) is 5.22. The molecule has 0 aliphatic rings. The number of hydrogen-bond donors (Lipinski definition) is 1. The molecule has 0 atom stereocenters. The third-order valence-electron chi connectivity index (χ3n) is 3.77. The molecule has 0 radical (unpaired) electrons. The van der Waals surface area contributed by atoms with Crippen LogP contribution in [0, 0.1) is 17.1 Å². The highest BCUT2D eigenvalue weighted by Gasteiger charge is 2.09. The van der Waals surface area contributed by atoms with Gasteiger partial charge in [-0.15, -0.1) is 11.3 Å². The molecule has 0 aliphatic carbocycles. The number of para-hydroxylation sites is 1. The molecule has 0 aliphatic heterocycles. The van der Waals surface area contributed by atoms with Gasteiger partial charge >= 0.3 is 0 Å². The molecule has 0 spiro atoms. The minimum Gasteiger partial charge on any atom is -0.360 e. The monoisotopic (exact) mass is 349 g/mol. The highest BCUT2D eigenvalue weighted by Crippen LogP contribution is 2.26. The fourth-order valence-electron chi connectivity index (χ4n) is 2.41. The van der Waals surface area contributed by atoms with Gasteiger partial charge in [-0.05, 0) is 42.3 Å². The van der Waals surface area contributed by atoms with Crippen LogP contribution in [0.15, 0.2) is 60.1 Å². The van der Waals surface area contributed by atoms with E-state index < -0.39 is 0 Å². The highest BCUT2D eigenvalue weighted by atomic mass is 32.1. The van der Waals surface area contributed by atoms with Crippen molar-refractivity contribution in [1.82, 2.24) is 4.98 Å². The zero-order valence-electron chi connectivity index (χ0n) is 13.7. The summed E-state index contributed by atoms with van der Waals surface area (Å²) in [7, 11) is 0. The topological polar surface area (TPSA) is 48.7 Å². The summed E-state index contributed by atoms with van der Waals surface area (Å²) in [5.74, 6) is -0.282. The summed E-state index contributed by atoms with van der Waals surface area (Å²) in [4.78, 5) is 4.50. The van der Waals surface area contributed by atoms with Crippen LogP contribution in [0.25, 0.3) is 16.8 Å². The van der Waals surface area contributed by atoms with E-state index in [0.717, 1.165) is 23.4 Å². The molecule has 0 unspecified atom stereocenters. The van der Waals surface area contributed by atoms with Crippen molar-refractivity contribution in [3.05, 3.63) is 76.5 Å². The van der Waals surface area contributed by atoms with Crippen molar-refractivity contribution >= 4 is 22.6 Å². The second kappa shape index (κ2) is 7.73. The molecule has 3 nitrogen and oxygen atoms in total. The number of allylic oxidation sites excluding steroid dienone is 1. The van der Waals surface area contributed by atoms with Crippen molar-refractivity contribution in [3.63, 3.8) is 0 Å². The van der Waals surface area contributed by atoms with Crippen LogP contribution < -0.4 is 5.32 Å². The molecule has 3 aromatic rings. The second-order valence-corrected chi connectivity index (χ2v) is 6.23. The van der Waals surface area contributed by atoms with Crippen LogP contribution in [0.5, 0.6) is 0 Å². The maximum Gasteiger partial charge on any atom is 0.136 e. The lowest BCUT2D eigenvalue weighted by Gasteiger charge is -2.07. The minimum atomic E-state index is -0.282. The minimum absolute atomic E-state index is 0.282. The van der Waals surface area contributed by atoms with E-state index in [9.17, 15) is 9.65 Å². The molecule has 0 saturated carbocycles. The maximum atomic E-state index is 13.0. The van der Waals surface area contributed by atoms with E-state index >= 15 is 0 Å². The Hall–Kier alpha value is -2.97. The van der Waals surface area contributed by atoms with E-state index in [2.05, 4.69) is 29.4 Å². The average Bonchev–Trinajstić information content (AvgIpc) is 3.13. The lowest BCUT2D eigenvalue weighted by molar-refractivity contribution is 0.628. The third kappa shape index (κ3) is 3.93. The zero-order chi connectivity index (χ0) is 17.6. The molecule has 3 rings (SSSR count). The number of thiazole rings is 1.